The fourth-order valence-electron chi connectivity index (χ4n) is 3.13. The van der Waals surface area contributed by atoms with Crippen LogP contribution in [0.4, 0.5) is 10.9 Å². The zero-order valence-electron chi connectivity index (χ0n) is 17.0. The number of hydrogen-bond donors (Lipinski definition) is 2. The van der Waals surface area contributed by atoms with E-state index in [1.165, 1.54) is 16.2 Å². The van der Waals surface area contributed by atoms with Gasteiger partial charge in [0, 0.05) is 29.3 Å². The standard InChI is InChI=1S/C21H22N6OS2/c1-12(2)19-26-27-21(30-19)25-15(28)9-10-22-18-17-16(14-7-5-4-6-8-14)13(3)29-20(17)24-11-23-18/h4-8,11-12H,9-10H2,1-3H3,(H,22,23,24)(H,25,27,28). The van der Waals surface area contributed by atoms with E-state index in [4.69, 9.17) is 0 Å². The van der Waals surface area contributed by atoms with Gasteiger partial charge in [-0.1, -0.05) is 55.5 Å². The normalized spacial score (nSPS) is 11.2. The molecule has 4 aromatic rings. The van der Waals surface area contributed by atoms with Gasteiger partial charge >= 0.3 is 0 Å². The molecule has 0 fully saturated rings. The first-order chi connectivity index (χ1) is 14.5. The van der Waals surface area contributed by atoms with Crippen LogP contribution in [-0.2, 0) is 4.79 Å². The quantitative estimate of drug-likeness (QED) is 0.418. The minimum absolute atomic E-state index is 0.107. The first-order valence-electron chi connectivity index (χ1n) is 9.69. The number of carbonyl (C=O) groups is 1. The second-order valence-electron chi connectivity index (χ2n) is 7.13. The van der Waals surface area contributed by atoms with Gasteiger partial charge in [-0.05, 0) is 12.5 Å². The number of nitrogens with zero attached hydrogens (tertiary/aromatic N) is 4. The molecular formula is C21H22N6OS2. The van der Waals surface area contributed by atoms with Crippen LogP contribution in [0.1, 0.15) is 36.1 Å². The van der Waals surface area contributed by atoms with Gasteiger partial charge in [0.25, 0.3) is 0 Å². The number of rotatable bonds is 7. The molecule has 0 saturated heterocycles. The molecule has 0 saturated carbocycles. The maximum absolute atomic E-state index is 12.3. The number of benzene rings is 1. The lowest BCUT2D eigenvalue weighted by molar-refractivity contribution is -0.115. The Kier molecular flexibility index (Phi) is 6.01. The topological polar surface area (TPSA) is 92.7 Å². The number of fused-ring (bicyclic) bond motifs is 1. The molecule has 154 valence electrons. The molecule has 2 N–H and O–H groups in total. The van der Waals surface area contributed by atoms with Gasteiger partial charge in [0.15, 0.2) is 0 Å². The highest BCUT2D eigenvalue weighted by Gasteiger charge is 2.17. The van der Waals surface area contributed by atoms with Crippen LogP contribution in [-0.4, -0.2) is 32.6 Å². The molecule has 0 bridgehead atoms. The Morgan fingerprint density at radius 3 is 2.63 bits per heavy atom. The Labute approximate surface area is 182 Å². The van der Waals surface area contributed by atoms with E-state index in [1.807, 2.05) is 32.0 Å². The summed E-state index contributed by atoms with van der Waals surface area (Å²) in [6.07, 6.45) is 1.86. The van der Waals surface area contributed by atoms with Gasteiger partial charge in [-0.3, -0.25) is 4.79 Å². The predicted octanol–water partition coefficient (Wildman–Crippen LogP) is 5.08. The summed E-state index contributed by atoms with van der Waals surface area (Å²) in [5.41, 5.74) is 2.27. The predicted molar refractivity (Wildman–Crippen MR) is 123 cm³/mol. The second-order valence-corrected chi connectivity index (χ2v) is 9.34. The number of nitrogens with one attached hydrogen (secondary N) is 2. The highest BCUT2D eigenvalue weighted by Crippen LogP contribution is 2.40. The Hall–Kier alpha value is -2.91. The lowest BCUT2D eigenvalue weighted by atomic mass is 10.0. The molecule has 9 heteroatoms. The summed E-state index contributed by atoms with van der Waals surface area (Å²) >= 11 is 3.06. The number of thiophene rings is 1. The maximum atomic E-state index is 12.3. The third kappa shape index (κ3) is 4.31. The van der Waals surface area contributed by atoms with Crippen molar-refractivity contribution < 1.29 is 4.79 Å². The van der Waals surface area contributed by atoms with Crippen LogP contribution in [0.15, 0.2) is 36.7 Å². The van der Waals surface area contributed by atoms with E-state index in [2.05, 4.69) is 49.9 Å². The first kappa shape index (κ1) is 20.4. The summed E-state index contributed by atoms with van der Waals surface area (Å²) in [6, 6.07) is 10.2. The second kappa shape index (κ2) is 8.85. The molecule has 1 amide bonds. The molecule has 0 aliphatic rings. The van der Waals surface area contributed by atoms with Crippen molar-refractivity contribution in [1.82, 2.24) is 20.2 Å². The van der Waals surface area contributed by atoms with Crippen LogP contribution in [0.5, 0.6) is 0 Å². The van der Waals surface area contributed by atoms with Crippen molar-refractivity contribution >= 4 is 49.7 Å². The molecule has 0 aliphatic carbocycles. The summed E-state index contributed by atoms with van der Waals surface area (Å²) in [6.45, 7) is 6.65. The fraction of sp³-hybridized carbons (Fsp3) is 0.286. The van der Waals surface area contributed by atoms with E-state index in [9.17, 15) is 4.79 Å². The van der Waals surface area contributed by atoms with Crippen LogP contribution in [0, 0.1) is 6.92 Å². The molecule has 0 radical (unpaired) electrons. The van der Waals surface area contributed by atoms with Crippen LogP contribution in [0.25, 0.3) is 21.3 Å². The highest BCUT2D eigenvalue weighted by molar-refractivity contribution is 7.19. The number of anilines is 2. The molecule has 30 heavy (non-hydrogen) atoms. The fourth-order valence-corrected chi connectivity index (χ4v) is 4.90. The summed E-state index contributed by atoms with van der Waals surface area (Å²) in [5, 5.41) is 16.7. The van der Waals surface area contributed by atoms with Crippen molar-refractivity contribution in [2.75, 3.05) is 17.2 Å². The number of carbonyl (C=O) groups excluding carboxylic acids is 1. The van der Waals surface area contributed by atoms with E-state index >= 15 is 0 Å². The molecule has 0 unspecified atom stereocenters. The third-order valence-corrected chi connectivity index (χ3v) is 6.70. The van der Waals surface area contributed by atoms with Crippen LogP contribution < -0.4 is 10.6 Å². The van der Waals surface area contributed by atoms with Crippen LogP contribution >= 0.6 is 22.7 Å². The Bertz CT molecular complexity index is 1170. The monoisotopic (exact) mass is 438 g/mol. The lowest BCUT2D eigenvalue weighted by Gasteiger charge is -2.09. The van der Waals surface area contributed by atoms with E-state index < -0.39 is 0 Å². The zero-order chi connectivity index (χ0) is 21.1. The Morgan fingerprint density at radius 1 is 1.10 bits per heavy atom. The lowest BCUT2D eigenvalue weighted by Crippen LogP contribution is -2.16. The third-order valence-electron chi connectivity index (χ3n) is 4.55. The zero-order valence-corrected chi connectivity index (χ0v) is 18.6. The maximum Gasteiger partial charge on any atom is 0.227 e. The average Bonchev–Trinajstić information content (AvgIpc) is 3.33. The Morgan fingerprint density at radius 2 is 1.90 bits per heavy atom. The number of hydrogen-bond acceptors (Lipinski definition) is 8. The van der Waals surface area contributed by atoms with Gasteiger partial charge in [0.2, 0.25) is 11.0 Å². The van der Waals surface area contributed by atoms with Gasteiger partial charge in [0.1, 0.15) is 22.0 Å². The molecule has 0 aliphatic heterocycles. The van der Waals surface area contributed by atoms with Gasteiger partial charge in [-0.15, -0.1) is 21.5 Å². The van der Waals surface area contributed by atoms with Crippen molar-refractivity contribution in [3.8, 4) is 11.1 Å². The Balaban J connectivity index is 1.47. The van der Waals surface area contributed by atoms with Crippen molar-refractivity contribution in [3.63, 3.8) is 0 Å². The molecule has 0 atom stereocenters. The number of aryl methyl sites for hydroxylation is 1. The molecule has 3 heterocycles. The summed E-state index contributed by atoms with van der Waals surface area (Å²) < 4.78 is 0. The van der Waals surface area contributed by atoms with E-state index in [1.54, 1.807) is 17.7 Å². The molecule has 3 aromatic heterocycles. The van der Waals surface area contributed by atoms with E-state index in [-0.39, 0.29) is 5.91 Å². The molecule has 7 nitrogen and oxygen atoms in total. The minimum atomic E-state index is -0.107. The van der Waals surface area contributed by atoms with Crippen LogP contribution in [0.3, 0.4) is 0 Å². The van der Waals surface area contributed by atoms with Crippen molar-refractivity contribution in [1.29, 1.82) is 0 Å². The average molecular weight is 439 g/mol. The smallest absolute Gasteiger partial charge is 0.227 e. The van der Waals surface area contributed by atoms with Gasteiger partial charge < -0.3 is 10.6 Å². The van der Waals surface area contributed by atoms with Crippen LogP contribution in [0.2, 0.25) is 0 Å². The van der Waals surface area contributed by atoms with Crippen molar-refractivity contribution in [3.05, 3.63) is 46.5 Å². The summed E-state index contributed by atoms with van der Waals surface area (Å²) in [4.78, 5) is 23.3. The summed E-state index contributed by atoms with van der Waals surface area (Å²) in [7, 11) is 0. The largest absolute Gasteiger partial charge is 0.369 e. The number of aromatic nitrogens is 4. The van der Waals surface area contributed by atoms with Gasteiger partial charge in [0.05, 0.1) is 5.39 Å². The van der Waals surface area contributed by atoms with Crippen molar-refractivity contribution in [2.24, 2.45) is 0 Å². The molecule has 1 aromatic carbocycles. The first-order valence-corrected chi connectivity index (χ1v) is 11.3. The number of amides is 1. The highest BCUT2D eigenvalue weighted by atomic mass is 32.1. The SMILES string of the molecule is Cc1sc2ncnc(NCCC(=O)Nc3nnc(C(C)C)s3)c2c1-c1ccccc1. The minimum Gasteiger partial charge on any atom is -0.369 e. The van der Waals surface area contributed by atoms with E-state index in [0.717, 1.165) is 32.2 Å². The molecule has 4 rings (SSSR count). The van der Waals surface area contributed by atoms with E-state index in [0.29, 0.717) is 24.0 Å². The summed E-state index contributed by atoms with van der Waals surface area (Å²) in [5.74, 6) is 0.931. The molecule has 0 spiro atoms. The van der Waals surface area contributed by atoms with Gasteiger partial charge in [-0.2, -0.15) is 0 Å². The van der Waals surface area contributed by atoms with Gasteiger partial charge in [-0.25, -0.2) is 9.97 Å². The molecular weight excluding hydrogens is 416 g/mol. The van der Waals surface area contributed by atoms with Crippen molar-refractivity contribution in [2.45, 2.75) is 33.1 Å².